The zero-order valence-electron chi connectivity index (χ0n) is 17.3. The van der Waals surface area contributed by atoms with Crippen molar-refractivity contribution in [1.29, 1.82) is 0 Å². The van der Waals surface area contributed by atoms with Crippen molar-refractivity contribution >= 4 is 17.5 Å². The number of rotatable bonds is 6. The van der Waals surface area contributed by atoms with Crippen molar-refractivity contribution in [1.82, 2.24) is 9.80 Å². The van der Waals surface area contributed by atoms with Crippen LogP contribution in [0.25, 0.3) is 0 Å². The highest BCUT2D eigenvalue weighted by Gasteiger charge is 2.31. The number of hydrogen-bond acceptors (Lipinski definition) is 4. The standard InChI is InChI=1S/C23H28FN3O3/c1-16(23(30)26(2)15-17-6-5-7-19(24)14-17)27-12-10-18(11-13-27)22(29)25-20-8-3-4-9-21(20)28/h3-9,14,16,18,28H,10-13,15H2,1-2H3,(H,25,29)/t16-/m1/s1. The van der Waals surface area contributed by atoms with Gasteiger partial charge in [0.1, 0.15) is 11.6 Å². The van der Waals surface area contributed by atoms with Gasteiger partial charge in [0.25, 0.3) is 0 Å². The van der Waals surface area contributed by atoms with Crippen LogP contribution in [0.2, 0.25) is 0 Å². The zero-order valence-corrected chi connectivity index (χ0v) is 17.3. The van der Waals surface area contributed by atoms with E-state index in [2.05, 4.69) is 10.2 Å². The number of phenols is 1. The average molecular weight is 413 g/mol. The van der Waals surface area contributed by atoms with E-state index in [0.29, 0.717) is 38.2 Å². The maximum Gasteiger partial charge on any atom is 0.239 e. The summed E-state index contributed by atoms with van der Waals surface area (Å²) in [5.41, 5.74) is 1.16. The van der Waals surface area contributed by atoms with Gasteiger partial charge in [-0.25, -0.2) is 4.39 Å². The van der Waals surface area contributed by atoms with Crippen molar-refractivity contribution in [2.75, 3.05) is 25.5 Å². The van der Waals surface area contributed by atoms with E-state index in [1.54, 1.807) is 42.3 Å². The van der Waals surface area contributed by atoms with Crippen molar-refractivity contribution in [3.05, 3.63) is 59.9 Å². The van der Waals surface area contributed by atoms with Gasteiger partial charge in [-0.3, -0.25) is 14.5 Å². The Morgan fingerprint density at radius 2 is 1.90 bits per heavy atom. The van der Waals surface area contributed by atoms with Gasteiger partial charge >= 0.3 is 0 Å². The molecule has 2 amide bonds. The van der Waals surface area contributed by atoms with Crippen LogP contribution in [-0.4, -0.2) is 52.9 Å². The fourth-order valence-corrected chi connectivity index (χ4v) is 3.83. The summed E-state index contributed by atoms with van der Waals surface area (Å²) in [6.45, 7) is 3.49. The van der Waals surface area contributed by atoms with Gasteiger partial charge in [0.05, 0.1) is 11.7 Å². The van der Waals surface area contributed by atoms with E-state index in [9.17, 15) is 19.1 Å². The predicted octanol–water partition coefficient (Wildman–Crippen LogP) is 3.23. The highest BCUT2D eigenvalue weighted by Crippen LogP contribution is 2.25. The van der Waals surface area contributed by atoms with Gasteiger partial charge in [0.15, 0.2) is 0 Å². The van der Waals surface area contributed by atoms with E-state index in [-0.39, 0.29) is 35.3 Å². The molecule has 1 atom stereocenters. The Balaban J connectivity index is 1.50. The number of aromatic hydroxyl groups is 1. The summed E-state index contributed by atoms with van der Waals surface area (Å²) < 4.78 is 13.4. The number of anilines is 1. The second-order valence-corrected chi connectivity index (χ2v) is 7.82. The van der Waals surface area contributed by atoms with Crippen LogP contribution >= 0.6 is 0 Å². The van der Waals surface area contributed by atoms with Crippen LogP contribution in [0, 0.1) is 11.7 Å². The van der Waals surface area contributed by atoms with E-state index < -0.39 is 0 Å². The van der Waals surface area contributed by atoms with Gasteiger partial charge in [0.2, 0.25) is 11.8 Å². The number of carbonyl (C=O) groups excluding carboxylic acids is 2. The lowest BCUT2D eigenvalue weighted by atomic mass is 9.94. The van der Waals surface area contributed by atoms with Crippen LogP contribution in [0.1, 0.15) is 25.3 Å². The van der Waals surface area contributed by atoms with Crippen LogP contribution < -0.4 is 5.32 Å². The number of nitrogens with zero attached hydrogens (tertiary/aromatic N) is 2. The maximum absolute atomic E-state index is 13.4. The fourth-order valence-electron chi connectivity index (χ4n) is 3.83. The highest BCUT2D eigenvalue weighted by molar-refractivity contribution is 5.94. The Hall–Kier alpha value is -2.93. The van der Waals surface area contributed by atoms with E-state index in [4.69, 9.17) is 0 Å². The summed E-state index contributed by atoms with van der Waals surface area (Å²) >= 11 is 0. The molecule has 2 aromatic carbocycles. The molecule has 0 unspecified atom stereocenters. The minimum absolute atomic E-state index is 0.0311. The number of hydrogen-bond donors (Lipinski definition) is 2. The quantitative estimate of drug-likeness (QED) is 0.714. The van der Waals surface area contributed by atoms with Crippen molar-refractivity contribution in [3.63, 3.8) is 0 Å². The molecule has 1 heterocycles. The van der Waals surface area contributed by atoms with E-state index >= 15 is 0 Å². The molecule has 0 aliphatic carbocycles. The van der Waals surface area contributed by atoms with Gasteiger partial charge in [-0.1, -0.05) is 24.3 Å². The Bertz CT molecular complexity index is 897. The number of halogens is 1. The molecule has 0 radical (unpaired) electrons. The molecule has 0 saturated carbocycles. The lowest BCUT2D eigenvalue weighted by molar-refractivity contribution is -0.136. The van der Waals surface area contributed by atoms with Crippen molar-refractivity contribution in [2.45, 2.75) is 32.4 Å². The molecule has 0 spiro atoms. The number of piperidine rings is 1. The molecule has 2 aromatic rings. The van der Waals surface area contributed by atoms with Crippen LogP contribution in [0.15, 0.2) is 48.5 Å². The van der Waals surface area contributed by atoms with Gasteiger partial charge in [-0.2, -0.15) is 0 Å². The SMILES string of the molecule is C[C@H](C(=O)N(C)Cc1cccc(F)c1)N1CCC(C(=O)Nc2ccccc2O)CC1. The number of para-hydroxylation sites is 2. The fraction of sp³-hybridized carbons (Fsp3) is 0.391. The number of likely N-dealkylation sites (tertiary alicyclic amines) is 1. The smallest absolute Gasteiger partial charge is 0.239 e. The summed E-state index contributed by atoms with van der Waals surface area (Å²) in [6.07, 6.45) is 1.29. The second-order valence-electron chi connectivity index (χ2n) is 7.82. The zero-order chi connectivity index (χ0) is 21.7. The molecule has 160 valence electrons. The molecule has 30 heavy (non-hydrogen) atoms. The Morgan fingerprint density at radius 1 is 1.20 bits per heavy atom. The van der Waals surface area contributed by atoms with Crippen LogP contribution in [0.5, 0.6) is 5.75 Å². The molecule has 3 rings (SSSR count). The number of amides is 2. The summed E-state index contributed by atoms with van der Waals surface area (Å²) in [6, 6.07) is 12.6. The highest BCUT2D eigenvalue weighted by atomic mass is 19.1. The first kappa shape index (κ1) is 21.8. The Kier molecular flexibility index (Phi) is 7.05. The lowest BCUT2D eigenvalue weighted by Gasteiger charge is -2.36. The molecule has 6 nitrogen and oxygen atoms in total. The number of carbonyl (C=O) groups is 2. The third kappa shape index (κ3) is 5.36. The van der Waals surface area contributed by atoms with Gasteiger partial charge in [-0.15, -0.1) is 0 Å². The van der Waals surface area contributed by atoms with Gasteiger partial charge in [-0.05, 0) is 62.7 Å². The van der Waals surface area contributed by atoms with Gasteiger partial charge in [0, 0.05) is 19.5 Å². The third-order valence-corrected chi connectivity index (χ3v) is 5.65. The minimum atomic E-state index is -0.314. The first-order chi connectivity index (χ1) is 14.3. The molecule has 1 saturated heterocycles. The largest absolute Gasteiger partial charge is 0.506 e. The number of benzene rings is 2. The number of likely N-dealkylation sites (N-methyl/N-ethyl adjacent to an activating group) is 1. The minimum Gasteiger partial charge on any atom is -0.506 e. The van der Waals surface area contributed by atoms with Crippen LogP contribution in [-0.2, 0) is 16.1 Å². The van der Waals surface area contributed by atoms with Crippen molar-refractivity contribution < 1.29 is 19.1 Å². The van der Waals surface area contributed by atoms with Crippen molar-refractivity contribution in [3.8, 4) is 5.75 Å². The molecule has 0 aromatic heterocycles. The van der Waals surface area contributed by atoms with Crippen molar-refractivity contribution in [2.24, 2.45) is 5.92 Å². The summed E-state index contributed by atoms with van der Waals surface area (Å²) in [4.78, 5) is 29.0. The molecule has 7 heteroatoms. The van der Waals surface area contributed by atoms with Gasteiger partial charge < -0.3 is 15.3 Å². The molecule has 1 fully saturated rings. The molecular formula is C23H28FN3O3. The summed E-state index contributed by atoms with van der Waals surface area (Å²) in [5.74, 6) is -0.572. The normalized spacial score (nSPS) is 16.1. The van der Waals surface area contributed by atoms with Crippen LogP contribution in [0.4, 0.5) is 10.1 Å². The van der Waals surface area contributed by atoms with Crippen LogP contribution in [0.3, 0.4) is 0 Å². The Morgan fingerprint density at radius 3 is 2.57 bits per heavy atom. The number of nitrogens with one attached hydrogen (secondary N) is 1. The Labute approximate surface area is 176 Å². The monoisotopic (exact) mass is 413 g/mol. The topological polar surface area (TPSA) is 72.9 Å². The summed E-state index contributed by atoms with van der Waals surface area (Å²) in [7, 11) is 1.72. The lowest BCUT2D eigenvalue weighted by Crippen LogP contribution is -2.49. The van der Waals surface area contributed by atoms with E-state index in [1.807, 2.05) is 6.92 Å². The first-order valence-electron chi connectivity index (χ1n) is 10.2. The third-order valence-electron chi connectivity index (χ3n) is 5.65. The molecule has 2 N–H and O–H groups in total. The molecule has 1 aliphatic heterocycles. The van der Waals surface area contributed by atoms with E-state index in [1.165, 1.54) is 18.2 Å². The molecule has 1 aliphatic rings. The summed E-state index contributed by atoms with van der Waals surface area (Å²) in [5, 5.41) is 12.6. The second kappa shape index (κ2) is 9.71. The maximum atomic E-state index is 13.4. The molecule has 0 bridgehead atoms. The van der Waals surface area contributed by atoms with E-state index in [0.717, 1.165) is 5.56 Å². The predicted molar refractivity (Wildman–Crippen MR) is 113 cm³/mol. The number of phenolic OH excluding ortho intramolecular Hbond substituents is 1. The first-order valence-corrected chi connectivity index (χ1v) is 10.2. The average Bonchev–Trinajstić information content (AvgIpc) is 2.74. The molecular weight excluding hydrogens is 385 g/mol.